The number of ether oxygens (including phenoxy) is 2. The predicted molar refractivity (Wildman–Crippen MR) is 71.6 cm³/mol. The van der Waals surface area contributed by atoms with Crippen LogP contribution in [0.3, 0.4) is 0 Å². The molecule has 1 rings (SSSR count). The number of nitrogens with zero attached hydrogens (tertiary/aromatic N) is 1. The molecule has 5 nitrogen and oxygen atoms in total. The van der Waals surface area contributed by atoms with Crippen LogP contribution in [0.2, 0.25) is 0 Å². The normalized spacial score (nSPS) is 11.1. The number of benzene rings is 1. The molecule has 0 spiro atoms. The van der Waals surface area contributed by atoms with Crippen LogP contribution in [-0.4, -0.2) is 44.3 Å². The van der Waals surface area contributed by atoms with Crippen molar-refractivity contribution in [3.05, 3.63) is 17.7 Å². The van der Waals surface area contributed by atoms with Gasteiger partial charge >= 0.3 is 6.18 Å². The molecule has 8 heteroatoms. The molecule has 0 aliphatic carbocycles. The number of alkyl halides is 3. The van der Waals surface area contributed by atoms with Crippen molar-refractivity contribution in [1.82, 2.24) is 4.90 Å². The Morgan fingerprint density at radius 1 is 1.24 bits per heavy atom. The number of nitrogen functional groups attached to an aromatic ring is 1. The van der Waals surface area contributed by atoms with Gasteiger partial charge in [-0.25, -0.2) is 0 Å². The average Bonchev–Trinajstić information content (AvgIpc) is 2.42. The number of carbonyl (C=O) groups is 1. The van der Waals surface area contributed by atoms with E-state index in [0.717, 1.165) is 0 Å². The lowest BCUT2D eigenvalue weighted by Crippen LogP contribution is -2.39. The molecule has 0 atom stereocenters. The fourth-order valence-corrected chi connectivity index (χ4v) is 1.79. The molecule has 21 heavy (non-hydrogen) atoms. The van der Waals surface area contributed by atoms with Gasteiger partial charge in [0.1, 0.15) is 6.54 Å². The van der Waals surface area contributed by atoms with Crippen LogP contribution in [0, 0.1) is 0 Å². The number of rotatable bonds is 5. The van der Waals surface area contributed by atoms with E-state index in [4.69, 9.17) is 15.2 Å². The van der Waals surface area contributed by atoms with Crippen molar-refractivity contribution in [2.24, 2.45) is 0 Å². The first-order chi connectivity index (χ1) is 9.73. The molecular formula is C13H17F3N2O3. The van der Waals surface area contributed by atoms with Crippen LogP contribution < -0.4 is 15.2 Å². The molecule has 0 bridgehead atoms. The maximum Gasteiger partial charge on any atom is 0.406 e. The van der Waals surface area contributed by atoms with Gasteiger partial charge in [-0.1, -0.05) is 0 Å². The van der Waals surface area contributed by atoms with Gasteiger partial charge < -0.3 is 20.1 Å². The van der Waals surface area contributed by atoms with Crippen LogP contribution in [-0.2, 0) is 0 Å². The molecule has 0 aliphatic heterocycles. The van der Waals surface area contributed by atoms with Gasteiger partial charge in [0.2, 0.25) is 0 Å². The molecule has 118 valence electrons. The Morgan fingerprint density at radius 2 is 1.76 bits per heavy atom. The minimum absolute atomic E-state index is 0.0262. The maximum atomic E-state index is 12.5. The summed E-state index contributed by atoms with van der Waals surface area (Å²) in [6, 6.07) is 2.61. The first-order valence-electron chi connectivity index (χ1n) is 6.11. The van der Waals surface area contributed by atoms with Crippen molar-refractivity contribution in [1.29, 1.82) is 0 Å². The van der Waals surface area contributed by atoms with E-state index >= 15 is 0 Å². The topological polar surface area (TPSA) is 64.8 Å². The maximum absolute atomic E-state index is 12.5. The van der Waals surface area contributed by atoms with Crippen molar-refractivity contribution in [3.8, 4) is 11.5 Å². The van der Waals surface area contributed by atoms with Gasteiger partial charge in [0, 0.05) is 18.3 Å². The third kappa shape index (κ3) is 4.17. The largest absolute Gasteiger partial charge is 0.493 e. The third-order valence-electron chi connectivity index (χ3n) is 2.83. The van der Waals surface area contributed by atoms with E-state index in [1.54, 1.807) is 0 Å². The van der Waals surface area contributed by atoms with Gasteiger partial charge in [-0.15, -0.1) is 0 Å². The molecule has 0 aromatic heterocycles. The Labute approximate surface area is 120 Å². The molecule has 2 N–H and O–H groups in total. The molecule has 0 radical (unpaired) electrons. The molecule has 0 fully saturated rings. The Hall–Kier alpha value is -2.12. The molecule has 1 aromatic carbocycles. The number of hydrogen-bond acceptors (Lipinski definition) is 4. The Kier molecular flexibility index (Phi) is 5.28. The lowest BCUT2D eigenvalue weighted by molar-refractivity contribution is -0.140. The van der Waals surface area contributed by atoms with E-state index < -0.39 is 18.6 Å². The van der Waals surface area contributed by atoms with Crippen molar-refractivity contribution in [2.45, 2.75) is 13.1 Å². The van der Waals surface area contributed by atoms with Gasteiger partial charge in [0.25, 0.3) is 5.91 Å². The molecule has 0 unspecified atom stereocenters. The molecule has 1 amide bonds. The summed E-state index contributed by atoms with van der Waals surface area (Å²) in [4.78, 5) is 12.9. The monoisotopic (exact) mass is 306 g/mol. The summed E-state index contributed by atoms with van der Waals surface area (Å²) < 4.78 is 47.4. The molecule has 1 aromatic rings. The summed E-state index contributed by atoms with van der Waals surface area (Å²) >= 11 is 0. The second-order valence-electron chi connectivity index (χ2n) is 4.23. The van der Waals surface area contributed by atoms with Gasteiger partial charge in [-0.05, 0) is 13.0 Å². The summed E-state index contributed by atoms with van der Waals surface area (Å²) in [7, 11) is 2.75. The highest BCUT2D eigenvalue weighted by atomic mass is 19.4. The third-order valence-corrected chi connectivity index (χ3v) is 2.83. The van der Waals surface area contributed by atoms with Crippen LogP contribution in [0.5, 0.6) is 11.5 Å². The molecule has 0 aliphatic rings. The number of carbonyl (C=O) groups excluding carboxylic acids is 1. The summed E-state index contributed by atoms with van der Waals surface area (Å²) in [5.41, 5.74) is 5.68. The van der Waals surface area contributed by atoms with Crippen molar-refractivity contribution in [3.63, 3.8) is 0 Å². The minimum atomic E-state index is -4.48. The van der Waals surface area contributed by atoms with Crippen LogP contribution in [0.1, 0.15) is 17.3 Å². The van der Waals surface area contributed by atoms with Gasteiger partial charge in [0.05, 0.1) is 19.8 Å². The first kappa shape index (κ1) is 16.9. The quantitative estimate of drug-likeness (QED) is 0.848. The van der Waals surface area contributed by atoms with Crippen molar-refractivity contribution < 1.29 is 27.4 Å². The highest BCUT2D eigenvalue weighted by Gasteiger charge is 2.33. The van der Waals surface area contributed by atoms with Crippen LogP contribution in [0.4, 0.5) is 18.9 Å². The predicted octanol–water partition coefficient (Wildman–Crippen LogP) is 2.31. The lowest BCUT2D eigenvalue weighted by Gasteiger charge is -2.23. The van der Waals surface area contributed by atoms with Gasteiger partial charge in [-0.3, -0.25) is 4.79 Å². The van der Waals surface area contributed by atoms with Crippen LogP contribution in [0.25, 0.3) is 0 Å². The summed E-state index contributed by atoms with van der Waals surface area (Å²) in [5.74, 6) is -0.295. The van der Waals surface area contributed by atoms with E-state index in [1.807, 2.05) is 0 Å². The van der Waals surface area contributed by atoms with Crippen LogP contribution >= 0.6 is 0 Å². The van der Waals surface area contributed by atoms with Crippen molar-refractivity contribution >= 4 is 11.6 Å². The lowest BCUT2D eigenvalue weighted by atomic mass is 10.1. The highest BCUT2D eigenvalue weighted by Crippen LogP contribution is 2.32. The Bertz CT molecular complexity index is 518. The number of hydrogen-bond donors (Lipinski definition) is 1. The fourth-order valence-electron chi connectivity index (χ4n) is 1.79. The molecule has 0 heterocycles. The smallest absolute Gasteiger partial charge is 0.406 e. The summed E-state index contributed by atoms with van der Waals surface area (Å²) in [6.45, 7) is 0.0306. The number of halogens is 3. The summed E-state index contributed by atoms with van der Waals surface area (Å²) in [6.07, 6.45) is -4.48. The Morgan fingerprint density at radius 3 is 2.19 bits per heavy atom. The van der Waals surface area contributed by atoms with Crippen molar-refractivity contribution in [2.75, 3.05) is 33.0 Å². The molecule has 0 saturated carbocycles. The zero-order valence-corrected chi connectivity index (χ0v) is 12.0. The van der Waals surface area contributed by atoms with E-state index in [0.29, 0.717) is 10.6 Å². The zero-order chi connectivity index (χ0) is 16.2. The standard InChI is InChI=1S/C13H17F3N2O3/c1-4-18(7-13(14,15)16)12(19)8-5-10(20-2)11(21-3)6-9(8)17/h5-6H,4,7,17H2,1-3H3. The average molecular weight is 306 g/mol. The first-order valence-corrected chi connectivity index (χ1v) is 6.11. The zero-order valence-electron chi connectivity index (χ0n) is 12.0. The Balaban J connectivity index is 3.16. The molecular weight excluding hydrogens is 289 g/mol. The SMILES string of the molecule is CCN(CC(F)(F)F)C(=O)c1cc(OC)c(OC)cc1N. The minimum Gasteiger partial charge on any atom is -0.493 e. The molecule has 0 saturated heterocycles. The highest BCUT2D eigenvalue weighted by molar-refractivity contribution is 6.00. The number of methoxy groups -OCH3 is 2. The second kappa shape index (κ2) is 6.55. The van der Waals surface area contributed by atoms with Crippen LogP contribution in [0.15, 0.2) is 12.1 Å². The van der Waals surface area contributed by atoms with Gasteiger partial charge in [-0.2, -0.15) is 13.2 Å². The van der Waals surface area contributed by atoms with E-state index in [2.05, 4.69) is 0 Å². The number of amides is 1. The van der Waals surface area contributed by atoms with E-state index in [-0.39, 0.29) is 23.5 Å². The summed E-state index contributed by atoms with van der Waals surface area (Å²) in [5, 5.41) is 0. The second-order valence-corrected chi connectivity index (χ2v) is 4.23. The fraction of sp³-hybridized carbons (Fsp3) is 0.462. The van der Waals surface area contributed by atoms with Gasteiger partial charge in [0.15, 0.2) is 11.5 Å². The number of anilines is 1. The van der Waals surface area contributed by atoms with E-state index in [1.165, 1.54) is 33.3 Å². The number of nitrogens with two attached hydrogens (primary N) is 1. The van der Waals surface area contributed by atoms with E-state index in [9.17, 15) is 18.0 Å².